The second-order valence-electron chi connectivity index (χ2n) is 5.70. The van der Waals surface area contributed by atoms with Crippen molar-refractivity contribution in [2.24, 2.45) is 7.05 Å². The van der Waals surface area contributed by atoms with Crippen molar-refractivity contribution in [2.75, 3.05) is 7.05 Å². The molecule has 0 radical (unpaired) electrons. The van der Waals surface area contributed by atoms with Crippen LogP contribution in [-0.2, 0) is 13.6 Å². The largest absolute Gasteiger partial charge is 0.311 e. The molecule has 102 valence electrons. The van der Waals surface area contributed by atoms with Crippen LogP contribution in [0.1, 0.15) is 31.2 Å². The topological polar surface area (TPSA) is 33.1 Å². The number of aromatic nitrogens is 2. The van der Waals surface area contributed by atoms with Crippen molar-refractivity contribution in [2.45, 2.75) is 50.4 Å². The first-order valence-electron chi connectivity index (χ1n) is 6.64. The van der Waals surface area contributed by atoms with Gasteiger partial charge in [-0.15, -0.1) is 12.4 Å². The van der Waals surface area contributed by atoms with E-state index in [2.05, 4.69) is 28.6 Å². The minimum absolute atomic E-state index is 0. The highest BCUT2D eigenvalue weighted by Gasteiger charge is 2.34. The Morgan fingerprint density at radius 2 is 2.06 bits per heavy atom. The summed E-state index contributed by atoms with van der Waals surface area (Å²) in [7, 11) is 4.23. The third-order valence-electron chi connectivity index (χ3n) is 4.26. The summed E-state index contributed by atoms with van der Waals surface area (Å²) in [6.45, 7) is 1.03. The Balaban J connectivity index is 0.00000120. The molecule has 2 unspecified atom stereocenters. The highest BCUT2D eigenvalue weighted by molar-refractivity contribution is 5.85. The summed E-state index contributed by atoms with van der Waals surface area (Å²) >= 11 is 0. The van der Waals surface area contributed by atoms with Gasteiger partial charge in [0.05, 0.1) is 6.20 Å². The molecule has 0 amide bonds. The van der Waals surface area contributed by atoms with Crippen molar-refractivity contribution in [1.82, 2.24) is 20.0 Å². The van der Waals surface area contributed by atoms with E-state index >= 15 is 0 Å². The van der Waals surface area contributed by atoms with Gasteiger partial charge in [-0.1, -0.05) is 0 Å². The number of piperidine rings is 1. The molecule has 4 nitrogen and oxygen atoms in total. The first-order chi connectivity index (χ1) is 8.20. The molecular weight excluding hydrogens is 248 g/mol. The van der Waals surface area contributed by atoms with Gasteiger partial charge in [-0.05, 0) is 32.7 Å². The van der Waals surface area contributed by atoms with Crippen LogP contribution in [0.15, 0.2) is 12.4 Å². The Bertz CT molecular complexity index is 380. The van der Waals surface area contributed by atoms with Crippen LogP contribution in [0, 0.1) is 0 Å². The lowest BCUT2D eigenvalue weighted by atomic mass is 9.98. The van der Waals surface area contributed by atoms with Crippen LogP contribution in [0.4, 0.5) is 0 Å². The fourth-order valence-corrected chi connectivity index (χ4v) is 3.36. The highest BCUT2D eigenvalue weighted by Crippen LogP contribution is 2.29. The fourth-order valence-electron chi connectivity index (χ4n) is 3.36. The van der Waals surface area contributed by atoms with Gasteiger partial charge in [0.25, 0.3) is 0 Å². The molecule has 2 aliphatic rings. The number of hydrogen-bond acceptors (Lipinski definition) is 3. The minimum Gasteiger partial charge on any atom is -0.311 e. The average molecular weight is 271 g/mol. The van der Waals surface area contributed by atoms with Crippen LogP contribution in [0.3, 0.4) is 0 Å². The van der Waals surface area contributed by atoms with E-state index in [1.807, 2.05) is 17.9 Å². The Hall–Kier alpha value is -0.580. The van der Waals surface area contributed by atoms with Gasteiger partial charge in [-0.25, -0.2) is 0 Å². The van der Waals surface area contributed by atoms with Crippen LogP contribution in [0.2, 0.25) is 0 Å². The predicted molar refractivity (Wildman–Crippen MR) is 74.9 cm³/mol. The van der Waals surface area contributed by atoms with Gasteiger partial charge in [0.1, 0.15) is 0 Å². The van der Waals surface area contributed by atoms with E-state index in [0.29, 0.717) is 0 Å². The zero-order valence-corrected chi connectivity index (χ0v) is 12.0. The molecule has 2 bridgehead atoms. The number of nitrogens with one attached hydrogen (secondary N) is 1. The number of hydrogen-bond donors (Lipinski definition) is 1. The predicted octanol–water partition coefficient (Wildman–Crippen LogP) is 1.56. The summed E-state index contributed by atoms with van der Waals surface area (Å²) in [5.41, 5.74) is 1.32. The number of rotatable bonds is 3. The number of halogens is 1. The Labute approximate surface area is 115 Å². The van der Waals surface area contributed by atoms with Crippen molar-refractivity contribution in [1.29, 1.82) is 0 Å². The SMILES string of the molecule is CN(Cc1cnn(C)c1)C1CC2CCC(C1)N2.Cl. The van der Waals surface area contributed by atoms with Crippen LogP contribution in [0.25, 0.3) is 0 Å². The lowest BCUT2D eigenvalue weighted by molar-refractivity contribution is 0.166. The lowest BCUT2D eigenvalue weighted by Gasteiger charge is -2.35. The molecule has 2 atom stereocenters. The molecular formula is C13H23ClN4. The van der Waals surface area contributed by atoms with Crippen molar-refractivity contribution in [3.8, 4) is 0 Å². The molecule has 0 aliphatic carbocycles. The van der Waals surface area contributed by atoms with Crippen molar-refractivity contribution in [3.63, 3.8) is 0 Å². The van der Waals surface area contributed by atoms with Crippen LogP contribution in [-0.4, -0.2) is 39.9 Å². The molecule has 2 saturated heterocycles. The van der Waals surface area contributed by atoms with Gasteiger partial charge in [0.2, 0.25) is 0 Å². The molecule has 1 aromatic rings. The Kier molecular flexibility index (Phi) is 4.30. The monoisotopic (exact) mass is 270 g/mol. The summed E-state index contributed by atoms with van der Waals surface area (Å²) in [6, 6.07) is 2.29. The van der Waals surface area contributed by atoms with E-state index in [1.54, 1.807) is 0 Å². The number of nitrogens with zero attached hydrogens (tertiary/aromatic N) is 3. The van der Waals surface area contributed by atoms with Crippen LogP contribution < -0.4 is 5.32 Å². The van der Waals surface area contributed by atoms with Gasteiger partial charge >= 0.3 is 0 Å². The Morgan fingerprint density at radius 3 is 2.61 bits per heavy atom. The Morgan fingerprint density at radius 1 is 1.39 bits per heavy atom. The van der Waals surface area contributed by atoms with Gasteiger partial charge in [0.15, 0.2) is 0 Å². The maximum Gasteiger partial charge on any atom is 0.0534 e. The molecule has 3 rings (SSSR count). The second-order valence-corrected chi connectivity index (χ2v) is 5.70. The standard InChI is InChI=1S/C13H22N4.ClH/c1-16(8-10-7-14-17(2)9-10)13-5-11-3-4-12(6-13)15-11;/h7,9,11-13,15H,3-6,8H2,1-2H3;1H. The number of fused-ring (bicyclic) bond motifs is 2. The van der Waals surface area contributed by atoms with Crippen molar-refractivity contribution < 1.29 is 0 Å². The minimum atomic E-state index is 0. The quantitative estimate of drug-likeness (QED) is 0.905. The van der Waals surface area contributed by atoms with Gasteiger partial charge in [-0.3, -0.25) is 9.58 Å². The molecule has 1 aromatic heterocycles. The van der Waals surface area contributed by atoms with Crippen LogP contribution in [0.5, 0.6) is 0 Å². The fraction of sp³-hybridized carbons (Fsp3) is 0.769. The first kappa shape index (κ1) is 13.8. The zero-order valence-electron chi connectivity index (χ0n) is 11.2. The molecule has 3 heterocycles. The van der Waals surface area contributed by atoms with E-state index in [-0.39, 0.29) is 12.4 Å². The third-order valence-corrected chi connectivity index (χ3v) is 4.26. The van der Waals surface area contributed by atoms with Gasteiger partial charge in [0, 0.05) is 43.5 Å². The maximum absolute atomic E-state index is 4.23. The van der Waals surface area contributed by atoms with E-state index in [9.17, 15) is 0 Å². The van der Waals surface area contributed by atoms with Gasteiger partial charge < -0.3 is 5.32 Å². The molecule has 2 aliphatic heterocycles. The van der Waals surface area contributed by atoms with Crippen molar-refractivity contribution >= 4 is 12.4 Å². The molecule has 2 fully saturated rings. The summed E-state index contributed by atoms with van der Waals surface area (Å²) in [6.07, 6.45) is 9.47. The third kappa shape index (κ3) is 2.87. The maximum atomic E-state index is 4.23. The molecule has 1 N–H and O–H groups in total. The van der Waals surface area contributed by atoms with Crippen LogP contribution >= 0.6 is 12.4 Å². The highest BCUT2D eigenvalue weighted by atomic mass is 35.5. The van der Waals surface area contributed by atoms with Crippen molar-refractivity contribution in [3.05, 3.63) is 18.0 Å². The summed E-state index contributed by atoms with van der Waals surface area (Å²) in [5, 5.41) is 7.93. The van der Waals surface area contributed by atoms with E-state index in [0.717, 1.165) is 24.7 Å². The van der Waals surface area contributed by atoms with E-state index in [1.165, 1.54) is 31.2 Å². The molecule has 0 saturated carbocycles. The average Bonchev–Trinajstić information content (AvgIpc) is 2.85. The molecule has 0 aromatic carbocycles. The first-order valence-corrected chi connectivity index (χ1v) is 6.64. The summed E-state index contributed by atoms with van der Waals surface area (Å²) < 4.78 is 1.88. The molecule has 5 heteroatoms. The molecule has 18 heavy (non-hydrogen) atoms. The second kappa shape index (κ2) is 5.59. The number of aryl methyl sites for hydroxylation is 1. The van der Waals surface area contributed by atoms with E-state index in [4.69, 9.17) is 0 Å². The smallest absolute Gasteiger partial charge is 0.0534 e. The molecule has 0 spiro atoms. The normalized spacial score (nSPS) is 30.5. The summed E-state index contributed by atoms with van der Waals surface area (Å²) in [4.78, 5) is 2.50. The lowest BCUT2D eigenvalue weighted by Crippen LogP contribution is -2.46. The summed E-state index contributed by atoms with van der Waals surface area (Å²) in [5.74, 6) is 0. The van der Waals surface area contributed by atoms with Gasteiger partial charge in [-0.2, -0.15) is 5.10 Å². The zero-order chi connectivity index (χ0) is 11.8. The van der Waals surface area contributed by atoms with E-state index < -0.39 is 0 Å².